The van der Waals surface area contributed by atoms with Gasteiger partial charge in [-0.25, -0.2) is 0 Å². The van der Waals surface area contributed by atoms with Gasteiger partial charge in [0, 0.05) is 5.54 Å². The third-order valence-electron chi connectivity index (χ3n) is 4.06. The van der Waals surface area contributed by atoms with Crippen LogP contribution in [0, 0.1) is 5.92 Å². The Balaban J connectivity index is 2.76. The second-order valence-electron chi connectivity index (χ2n) is 4.98. The van der Waals surface area contributed by atoms with Gasteiger partial charge in [-0.2, -0.15) is 0 Å². The van der Waals surface area contributed by atoms with Crippen LogP contribution in [0.2, 0.25) is 0 Å². The maximum Gasteiger partial charge on any atom is 0.307 e. The minimum absolute atomic E-state index is 0.0427. The molecule has 0 radical (unpaired) electrons. The van der Waals surface area contributed by atoms with E-state index in [1.165, 1.54) is 12.8 Å². The molecular formula is C13H25NO2. The van der Waals surface area contributed by atoms with Crippen LogP contribution in [0.5, 0.6) is 0 Å². The van der Waals surface area contributed by atoms with E-state index in [9.17, 15) is 4.79 Å². The fraction of sp³-hybridized carbons (Fsp3) is 0.923. The topological polar surface area (TPSA) is 29.5 Å². The Hall–Kier alpha value is -0.570. The van der Waals surface area contributed by atoms with Crippen molar-refractivity contribution in [3.63, 3.8) is 0 Å². The monoisotopic (exact) mass is 227 g/mol. The highest BCUT2D eigenvalue weighted by molar-refractivity contribution is 5.71. The molecular weight excluding hydrogens is 202 g/mol. The predicted octanol–water partition coefficient (Wildman–Crippen LogP) is 2.45. The Morgan fingerprint density at radius 1 is 1.44 bits per heavy atom. The molecule has 0 aromatic rings. The van der Waals surface area contributed by atoms with Crippen LogP contribution in [-0.4, -0.2) is 37.1 Å². The van der Waals surface area contributed by atoms with Gasteiger partial charge in [0.05, 0.1) is 13.0 Å². The lowest BCUT2D eigenvalue weighted by molar-refractivity contribution is -0.147. The second-order valence-corrected chi connectivity index (χ2v) is 4.98. The number of nitrogens with zero attached hydrogens (tertiary/aromatic N) is 1. The molecule has 3 nitrogen and oxygen atoms in total. The van der Waals surface area contributed by atoms with Gasteiger partial charge in [-0.05, 0) is 39.8 Å². The summed E-state index contributed by atoms with van der Waals surface area (Å²) >= 11 is 0. The zero-order chi connectivity index (χ0) is 12.2. The molecule has 1 fully saturated rings. The maximum atomic E-state index is 11.7. The van der Waals surface area contributed by atoms with E-state index in [4.69, 9.17) is 4.74 Å². The molecule has 0 heterocycles. The lowest BCUT2D eigenvalue weighted by Crippen LogP contribution is -2.49. The molecule has 0 aromatic heterocycles. The molecule has 1 saturated carbocycles. The van der Waals surface area contributed by atoms with E-state index in [-0.39, 0.29) is 11.5 Å². The van der Waals surface area contributed by atoms with E-state index in [1.807, 2.05) is 6.92 Å². The lowest BCUT2D eigenvalue weighted by Gasteiger charge is -2.40. The van der Waals surface area contributed by atoms with Crippen molar-refractivity contribution < 1.29 is 9.53 Å². The second kappa shape index (κ2) is 5.67. The van der Waals surface area contributed by atoms with E-state index in [0.717, 1.165) is 12.8 Å². The van der Waals surface area contributed by atoms with Gasteiger partial charge in [-0.1, -0.05) is 19.8 Å². The first-order valence-electron chi connectivity index (χ1n) is 6.40. The quantitative estimate of drug-likeness (QED) is 0.676. The van der Waals surface area contributed by atoms with Gasteiger partial charge in [-0.15, -0.1) is 0 Å². The zero-order valence-corrected chi connectivity index (χ0v) is 11.1. The van der Waals surface area contributed by atoms with Crippen LogP contribution in [0.25, 0.3) is 0 Å². The normalized spacial score (nSPS) is 29.7. The third kappa shape index (κ3) is 2.57. The minimum Gasteiger partial charge on any atom is -0.466 e. The number of hydrogen-bond donors (Lipinski definition) is 0. The van der Waals surface area contributed by atoms with Crippen molar-refractivity contribution in [2.75, 3.05) is 20.7 Å². The molecule has 2 unspecified atom stereocenters. The van der Waals surface area contributed by atoms with Gasteiger partial charge in [0.1, 0.15) is 0 Å². The molecule has 0 saturated heterocycles. The number of esters is 1. The molecule has 0 amide bonds. The number of ether oxygens (including phenoxy) is 1. The van der Waals surface area contributed by atoms with Gasteiger partial charge in [0.2, 0.25) is 0 Å². The van der Waals surface area contributed by atoms with Crippen molar-refractivity contribution in [3.05, 3.63) is 0 Å². The molecule has 3 heteroatoms. The summed E-state index contributed by atoms with van der Waals surface area (Å²) in [6, 6.07) is 0. The van der Waals surface area contributed by atoms with Gasteiger partial charge in [-0.3, -0.25) is 4.79 Å². The Morgan fingerprint density at radius 2 is 2.12 bits per heavy atom. The lowest BCUT2D eigenvalue weighted by atomic mass is 9.81. The van der Waals surface area contributed by atoms with Crippen molar-refractivity contribution in [1.29, 1.82) is 0 Å². The van der Waals surface area contributed by atoms with E-state index in [2.05, 4.69) is 25.9 Å². The van der Waals surface area contributed by atoms with Crippen molar-refractivity contribution in [3.8, 4) is 0 Å². The summed E-state index contributed by atoms with van der Waals surface area (Å²) in [4.78, 5) is 14.0. The molecule has 2 atom stereocenters. The first-order chi connectivity index (χ1) is 7.56. The van der Waals surface area contributed by atoms with Crippen LogP contribution in [-0.2, 0) is 9.53 Å². The van der Waals surface area contributed by atoms with Crippen LogP contribution in [0.15, 0.2) is 0 Å². The molecule has 94 valence electrons. The first-order valence-corrected chi connectivity index (χ1v) is 6.40. The molecule has 1 rings (SSSR count). The van der Waals surface area contributed by atoms with E-state index < -0.39 is 0 Å². The van der Waals surface area contributed by atoms with E-state index in [0.29, 0.717) is 18.9 Å². The summed E-state index contributed by atoms with van der Waals surface area (Å²) in [5.74, 6) is 0.587. The van der Waals surface area contributed by atoms with Crippen LogP contribution in [0.3, 0.4) is 0 Å². The van der Waals surface area contributed by atoms with Crippen LogP contribution < -0.4 is 0 Å². The molecule has 16 heavy (non-hydrogen) atoms. The largest absolute Gasteiger partial charge is 0.466 e. The summed E-state index contributed by atoms with van der Waals surface area (Å²) in [5, 5.41) is 0. The fourth-order valence-corrected chi connectivity index (χ4v) is 3.15. The van der Waals surface area contributed by atoms with Crippen molar-refractivity contribution in [2.24, 2.45) is 5.92 Å². The SMILES string of the molecule is CCOC(=O)CC1(N(C)C)CCCC1CC. The highest BCUT2D eigenvalue weighted by Gasteiger charge is 2.45. The molecule has 0 aliphatic heterocycles. The molecule has 0 spiro atoms. The summed E-state index contributed by atoms with van der Waals surface area (Å²) in [6.07, 6.45) is 5.30. The Labute approximate surface area is 99.1 Å². The smallest absolute Gasteiger partial charge is 0.307 e. The Bertz CT molecular complexity index is 240. The first kappa shape index (κ1) is 13.5. The van der Waals surface area contributed by atoms with Crippen molar-refractivity contribution in [2.45, 2.75) is 51.5 Å². The van der Waals surface area contributed by atoms with E-state index in [1.54, 1.807) is 0 Å². The summed E-state index contributed by atoms with van der Waals surface area (Å²) in [6.45, 7) is 4.57. The molecule has 0 aromatic carbocycles. The standard InChI is InChI=1S/C13H25NO2/c1-5-11-8-7-9-13(11,14(3)4)10-12(15)16-6-2/h11H,5-10H2,1-4H3. The highest BCUT2D eigenvalue weighted by atomic mass is 16.5. The van der Waals surface area contributed by atoms with Crippen molar-refractivity contribution >= 4 is 5.97 Å². The average molecular weight is 227 g/mol. The Morgan fingerprint density at radius 3 is 2.62 bits per heavy atom. The number of carbonyl (C=O) groups is 1. The summed E-state index contributed by atoms with van der Waals surface area (Å²) in [7, 11) is 4.18. The summed E-state index contributed by atoms with van der Waals surface area (Å²) in [5.41, 5.74) is 0.0427. The van der Waals surface area contributed by atoms with Crippen LogP contribution in [0.4, 0.5) is 0 Å². The van der Waals surface area contributed by atoms with Gasteiger partial charge in [0.25, 0.3) is 0 Å². The van der Waals surface area contributed by atoms with E-state index >= 15 is 0 Å². The van der Waals surface area contributed by atoms with Crippen molar-refractivity contribution in [1.82, 2.24) is 4.90 Å². The third-order valence-corrected chi connectivity index (χ3v) is 4.06. The minimum atomic E-state index is -0.0449. The number of rotatable bonds is 5. The summed E-state index contributed by atoms with van der Waals surface area (Å²) < 4.78 is 5.11. The predicted molar refractivity (Wildman–Crippen MR) is 65.3 cm³/mol. The van der Waals surface area contributed by atoms with Crippen LogP contribution in [0.1, 0.15) is 46.0 Å². The average Bonchev–Trinajstić information content (AvgIpc) is 2.62. The molecule has 1 aliphatic carbocycles. The maximum absolute atomic E-state index is 11.7. The highest BCUT2D eigenvalue weighted by Crippen LogP contribution is 2.43. The molecule has 1 aliphatic rings. The van der Waals surface area contributed by atoms with Gasteiger partial charge >= 0.3 is 5.97 Å². The number of carbonyl (C=O) groups excluding carboxylic acids is 1. The number of hydrogen-bond acceptors (Lipinski definition) is 3. The van der Waals surface area contributed by atoms with Gasteiger partial charge in [0.15, 0.2) is 0 Å². The molecule has 0 N–H and O–H groups in total. The van der Waals surface area contributed by atoms with Gasteiger partial charge < -0.3 is 9.64 Å². The molecule has 0 bridgehead atoms. The zero-order valence-electron chi connectivity index (χ0n) is 11.1. The fourth-order valence-electron chi connectivity index (χ4n) is 3.15. The van der Waals surface area contributed by atoms with Crippen LogP contribution >= 0.6 is 0 Å². The Kier molecular flexibility index (Phi) is 4.78.